The minimum atomic E-state index is -1.10. The molecule has 0 aliphatic heterocycles. The van der Waals surface area contributed by atoms with Gasteiger partial charge in [-0.15, -0.1) is 0 Å². The van der Waals surface area contributed by atoms with E-state index in [0.29, 0.717) is 4.47 Å². The number of aliphatic hydroxyl groups is 1. The SMILES string of the molecule is OC(c1c(F)cc(Br)cc1F)C1CC1c1ccccc1. The zero-order valence-electron chi connectivity index (χ0n) is 10.6. The van der Waals surface area contributed by atoms with Gasteiger partial charge < -0.3 is 5.11 Å². The van der Waals surface area contributed by atoms with Crippen molar-refractivity contribution in [2.75, 3.05) is 0 Å². The van der Waals surface area contributed by atoms with Crippen molar-refractivity contribution in [1.29, 1.82) is 0 Å². The summed E-state index contributed by atoms with van der Waals surface area (Å²) >= 11 is 3.04. The second-order valence-electron chi connectivity index (χ2n) is 5.14. The van der Waals surface area contributed by atoms with Gasteiger partial charge in [-0.05, 0) is 36.0 Å². The standard InChI is InChI=1S/C16H13BrF2O/c17-10-6-13(18)15(14(19)7-10)16(20)12-8-11(12)9-4-2-1-3-5-9/h1-7,11-12,16,20H,8H2. The van der Waals surface area contributed by atoms with E-state index in [2.05, 4.69) is 15.9 Å². The van der Waals surface area contributed by atoms with Gasteiger partial charge in [0, 0.05) is 4.47 Å². The van der Waals surface area contributed by atoms with Gasteiger partial charge in [0.15, 0.2) is 0 Å². The molecule has 0 saturated heterocycles. The van der Waals surface area contributed by atoms with Crippen LogP contribution in [-0.4, -0.2) is 5.11 Å². The predicted molar refractivity (Wildman–Crippen MR) is 76.3 cm³/mol. The Kier molecular flexibility index (Phi) is 3.61. The molecule has 3 unspecified atom stereocenters. The van der Waals surface area contributed by atoms with Crippen molar-refractivity contribution in [3.05, 3.63) is 69.7 Å². The van der Waals surface area contributed by atoms with Crippen molar-refractivity contribution in [3.8, 4) is 0 Å². The lowest BCUT2D eigenvalue weighted by molar-refractivity contribution is 0.142. The molecular weight excluding hydrogens is 326 g/mol. The highest BCUT2D eigenvalue weighted by Crippen LogP contribution is 2.54. The van der Waals surface area contributed by atoms with Crippen LogP contribution in [0.4, 0.5) is 8.78 Å². The Morgan fingerprint density at radius 1 is 1.10 bits per heavy atom. The van der Waals surface area contributed by atoms with Gasteiger partial charge >= 0.3 is 0 Å². The first kappa shape index (κ1) is 13.7. The fourth-order valence-corrected chi connectivity index (χ4v) is 3.10. The van der Waals surface area contributed by atoms with Gasteiger partial charge in [0.1, 0.15) is 11.6 Å². The molecule has 1 aliphatic carbocycles. The van der Waals surface area contributed by atoms with Gasteiger partial charge in [-0.25, -0.2) is 8.78 Å². The number of halogens is 3. The maximum Gasteiger partial charge on any atom is 0.133 e. The van der Waals surface area contributed by atoms with Crippen molar-refractivity contribution in [3.63, 3.8) is 0 Å². The smallest absolute Gasteiger partial charge is 0.133 e. The Labute approximate surface area is 124 Å². The number of aliphatic hydroxyl groups excluding tert-OH is 1. The van der Waals surface area contributed by atoms with Crippen LogP contribution >= 0.6 is 15.9 Å². The number of hydrogen-bond acceptors (Lipinski definition) is 1. The summed E-state index contributed by atoms with van der Waals surface area (Å²) in [7, 11) is 0. The summed E-state index contributed by atoms with van der Waals surface area (Å²) in [5, 5.41) is 10.2. The van der Waals surface area contributed by atoms with Gasteiger partial charge in [0.25, 0.3) is 0 Å². The second kappa shape index (κ2) is 5.26. The minimum absolute atomic E-state index is 0.123. The average Bonchev–Trinajstić information content (AvgIpc) is 3.18. The lowest BCUT2D eigenvalue weighted by atomic mass is 10.0. The van der Waals surface area contributed by atoms with Crippen LogP contribution in [0.3, 0.4) is 0 Å². The van der Waals surface area contributed by atoms with E-state index < -0.39 is 17.7 Å². The van der Waals surface area contributed by atoms with Crippen LogP contribution in [0.2, 0.25) is 0 Å². The molecular formula is C16H13BrF2O. The summed E-state index contributed by atoms with van der Waals surface area (Å²) in [6.07, 6.45) is -0.353. The van der Waals surface area contributed by atoms with E-state index in [0.717, 1.165) is 12.0 Å². The first-order valence-electron chi connectivity index (χ1n) is 6.45. The van der Waals surface area contributed by atoms with E-state index in [9.17, 15) is 13.9 Å². The number of benzene rings is 2. The molecule has 0 amide bonds. The van der Waals surface area contributed by atoms with Crippen LogP contribution in [0.5, 0.6) is 0 Å². The second-order valence-corrected chi connectivity index (χ2v) is 6.06. The first-order valence-corrected chi connectivity index (χ1v) is 7.24. The highest BCUT2D eigenvalue weighted by Gasteiger charge is 2.45. The van der Waals surface area contributed by atoms with E-state index in [1.165, 1.54) is 12.1 Å². The predicted octanol–water partition coefficient (Wildman–Crippen LogP) is 4.56. The summed E-state index contributed by atoms with van der Waals surface area (Å²) < 4.78 is 28.0. The maximum absolute atomic E-state index is 13.8. The molecule has 4 heteroatoms. The molecule has 0 radical (unpaired) electrons. The Balaban J connectivity index is 1.84. The Morgan fingerprint density at radius 2 is 1.70 bits per heavy atom. The molecule has 20 heavy (non-hydrogen) atoms. The number of rotatable bonds is 3. The fraction of sp³-hybridized carbons (Fsp3) is 0.250. The third-order valence-electron chi connectivity index (χ3n) is 3.81. The van der Waals surface area contributed by atoms with Crippen molar-refractivity contribution in [2.45, 2.75) is 18.4 Å². The first-order chi connectivity index (χ1) is 9.58. The lowest BCUT2D eigenvalue weighted by Gasteiger charge is -2.13. The molecule has 2 aromatic carbocycles. The molecule has 3 rings (SSSR count). The van der Waals surface area contributed by atoms with Crippen LogP contribution in [-0.2, 0) is 0 Å². The average molecular weight is 339 g/mol. The van der Waals surface area contributed by atoms with Crippen LogP contribution in [0, 0.1) is 17.6 Å². The summed E-state index contributed by atoms with van der Waals surface area (Å²) in [6.45, 7) is 0. The highest BCUT2D eigenvalue weighted by atomic mass is 79.9. The van der Waals surface area contributed by atoms with E-state index >= 15 is 0 Å². The monoisotopic (exact) mass is 338 g/mol. The van der Waals surface area contributed by atoms with Crippen molar-refractivity contribution in [2.24, 2.45) is 5.92 Å². The molecule has 1 aliphatic rings. The van der Waals surface area contributed by atoms with E-state index in [4.69, 9.17) is 0 Å². The summed E-state index contributed by atoms with van der Waals surface area (Å²) in [5.74, 6) is -1.36. The van der Waals surface area contributed by atoms with Gasteiger partial charge in [-0.2, -0.15) is 0 Å². The Bertz CT molecular complexity index is 607. The van der Waals surface area contributed by atoms with E-state index in [1.54, 1.807) is 0 Å². The van der Waals surface area contributed by atoms with Crippen LogP contribution in [0.25, 0.3) is 0 Å². The molecule has 3 atom stereocenters. The van der Waals surface area contributed by atoms with Gasteiger partial charge in [-0.3, -0.25) is 0 Å². The zero-order valence-corrected chi connectivity index (χ0v) is 12.1. The van der Waals surface area contributed by atoms with Crippen LogP contribution in [0.15, 0.2) is 46.9 Å². The van der Waals surface area contributed by atoms with Crippen molar-refractivity contribution >= 4 is 15.9 Å². The summed E-state index contributed by atoms with van der Waals surface area (Å²) in [6, 6.07) is 12.1. The van der Waals surface area contributed by atoms with E-state index in [1.807, 2.05) is 30.3 Å². The summed E-state index contributed by atoms with van der Waals surface area (Å²) in [4.78, 5) is 0. The molecule has 104 valence electrons. The highest BCUT2D eigenvalue weighted by molar-refractivity contribution is 9.10. The van der Waals surface area contributed by atoms with Gasteiger partial charge in [0.05, 0.1) is 11.7 Å². The quantitative estimate of drug-likeness (QED) is 0.869. The summed E-state index contributed by atoms with van der Waals surface area (Å²) in [5.41, 5.74) is 0.881. The molecule has 0 heterocycles. The molecule has 0 aromatic heterocycles. The molecule has 2 aromatic rings. The zero-order chi connectivity index (χ0) is 14.3. The van der Waals surface area contributed by atoms with Gasteiger partial charge in [-0.1, -0.05) is 46.3 Å². The fourth-order valence-electron chi connectivity index (χ4n) is 2.70. The van der Waals surface area contributed by atoms with E-state index in [-0.39, 0.29) is 17.4 Å². The van der Waals surface area contributed by atoms with Crippen LogP contribution in [0.1, 0.15) is 29.6 Å². The molecule has 1 nitrogen and oxygen atoms in total. The molecule has 1 N–H and O–H groups in total. The van der Waals surface area contributed by atoms with Crippen LogP contribution < -0.4 is 0 Å². The third kappa shape index (κ3) is 2.50. The van der Waals surface area contributed by atoms with Crippen molar-refractivity contribution < 1.29 is 13.9 Å². The van der Waals surface area contributed by atoms with Crippen molar-refractivity contribution in [1.82, 2.24) is 0 Å². The van der Waals surface area contributed by atoms with Gasteiger partial charge in [0.2, 0.25) is 0 Å². The third-order valence-corrected chi connectivity index (χ3v) is 4.27. The maximum atomic E-state index is 13.8. The lowest BCUT2D eigenvalue weighted by Crippen LogP contribution is -2.07. The normalized spacial score (nSPS) is 22.6. The molecule has 1 saturated carbocycles. The topological polar surface area (TPSA) is 20.2 Å². The molecule has 0 spiro atoms. The largest absolute Gasteiger partial charge is 0.388 e. The molecule has 0 bridgehead atoms. The molecule has 1 fully saturated rings. The Hall–Kier alpha value is -1.26. The number of hydrogen-bond donors (Lipinski definition) is 1. The Morgan fingerprint density at radius 3 is 2.30 bits per heavy atom. The minimum Gasteiger partial charge on any atom is -0.388 e.